The van der Waals surface area contributed by atoms with Crippen molar-refractivity contribution in [1.82, 2.24) is 4.90 Å². The number of anilines is 1. The Labute approximate surface area is 98.6 Å². The summed E-state index contributed by atoms with van der Waals surface area (Å²) in [7, 11) is 1.72. The summed E-state index contributed by atoms with van der Waals surface area (Å²) >= 11 is 0. The van der Waals surface area contributed by atoms with Crippen LogP contribution in [0.1, 0.15) is 0 Å². The van der Waals surface area contributed by atoms with E-state index >= 15 is 0 Å². The standard InChI is InChI=1S/C12H15F3N2/c1-16-7-8-17(10-5-3-2-4-6-10)11(9-16)12(13,14)15/h2-6,11H,7-9H2,1H3. The summed E-state index contributed by atoms with van der Waals surface area (Å²) in [5, 5.41) is 0. The average molecular weight is 244 g/mol. The molecule has 5 heteroatoms. The van der Waals surface area contributed by atoms with Gasteiger partial charge in [-0.2, -0.15) is 13.2 Å². The van der Waals surface area contributed by atoms with Crippen LogP contribution < -0.4 is 4.90 Å². The fourth-order valence-electron chi connectivity index (χ4n) is 2.13. The van der Waals surface area contributed by atoms with Gasteiger partial charge in [-0.25, -0.2) is 0 Å². The molecule has 1 aromatic rings. The summed E-state index contributed by atoms with van der Waals surface area (Å²) in [6.45, 7) is 1.09. The molecule has 1 unspecified atom stereocenters. The Kier molecular flexibility index (Phi) is 3.28. The molecule has 17 heavy (non-hydrogen) atoms. The van der Waals surface area contributed by atoms with Gasteiger partial charge in [-0.3, -0.25) is 0 Å². The van der Waals surface area contributed by atoms with Gasteiger partial charge in [0, 0.05) is 25.3 Å². The van der Waals surface area contributed by atoms with E-state index in [4.69, 9.17) is 0 Å². The van der Waals surface area contributed by atoms with Crippen LogP contribution in [-0.4, -0.2) is 43.8 Å². The van der Waals surface area contributed by atoms with Gasteiger partial charge in [-0.1, -0.05) is 18.2 Å². The summed E-state index contributed by atoms with van der Waals surface area (Å²) < 4.78 is 38.9. The highest BCUT2D eigenvalue weighted by Crippen LogP contribution is 2.31. The second kappa shape index (κ2) is 4.56. The Balaban J connectivity index is 2.25. The number of rotatable bonds is 1. The summed E-state index contributed by atoms with van der Waals surface area (Å²) in [5.41, 5.74) is 0.642. The van der Waals surface area contributed by atoms with Gasteiger partial charge >= 0.3 is 6.18 Å². The van der Waals surface area contributed by atoms with Crippen molar-refractivity contribution in [3.05, 3.63) is 30.3 Å². The first-order valence-corrected chi connectivity index (χ1v) is 5.55. The number of alkyl halides is 3. The largest absolute Gasteiger partial charge is 0.409 e. The minimum atomic E-state index is -4.19. The number of hydrogen-bond acceptors (Lipinski definition) is 2. The van der Waals surface area contributed by atoms with Crippen LogP contribution in [0.3, 0.4) is 0 Å². The van der Waals surface area contributed by atoms with Crippen molar-refractivity contribution in [3.8, 4) is 0 Å². The number of halogens is 3. The first-order chi connectivity index (χ1) is 7.98. The van der Waals surface area contributed by atoms with Gasteiger partial charge in [-0.15, -0.1) is 0 Å². The lowest BCUT2D eigenvalue weighted by Gasteiger charge is -2.42. The normalized spacial score (nSPS) is 22.8. The molecule has 0 spiro atoms. The van der Waals surface area contributed by atoms with Crippen LogP contribution in [0.4, 0.5) is 18.9 Å². The Bertz CT molecular complexity index is 364. The smallest absolute Gasteiger partial charge is 0.357 e. The van der Waals surface area contributed by atoms with Crippen LogP contribution in [0.2, 0.25) is 0 Å². The van der Waals surface area contributed by atoms with Crippen molar-refractivity contribution in [2.75, 3.05) is 31.6 Å². The molecular formula is C12H15F3N2. The molecule has 1 aromatic carbocycles. The number of nitrogens with zero attached hydrogens (tertiary/aromatic N) is 2. The average Bonchev–Trinajstić information content (AvgIpc) is 2.29. The maximum absolute atomic E-state index is 13.0. The van der Waals surface area contributed by atoms with E-state index in [9.17, 15) is 13.2 Å². The van der Waals surface area contributed by atoms with E-state index in [-0.39, 0.29) is 6.54 Å². The van der Waals surface area contributed by atoms with E-state index < -0.39 is 12.2 Å². The molecule has 2 rings (SSSR count). The quantitative estimate of drug-likeness (QED) is 0.748. The highest BCUT2D eigenvalue weighted by Gasteiger charge is 2.45. The third kappa shape index (κ3) is 2.72. The van der Waals surface area contributed by atoms with E-state index in [1.807, 2.05) is 6.07 Å². The molecule has 1 aliphatic heterocycles. The zero-order valence-corrected chi connectivity index (χ0v) is 9.61. The SMILES string of the molecule is CN1CCN(c2ccccc2)C(C(F)(F)F)C1. The predicted molar refractivity (Wildman–Crippen MR) is 61.1 cm³/mol. The molecule has 0 saturated carbocycles. The molecule has 0 radical (unpaired) electrons. The van der Waals surface area contributed by atoms with E-state index in [1.54, 1.807) is 36.2 Å². The first-order valence-electron chi connectivity index (χ1n) is 5.55. The number of piperazine rings is 1. The van der Waals surface area contributed by atoms with Crippen LogP contribution in [0.15, 0.2) is 30.3 Å². The molecule has 2 nitrogen and oxygen atoms in total. The van der Waals surface area contributed by atoms with Gasteiger partial charge in [0.25, 0.3) is 0 Å². The molecule has 0 bridgehead atoms. The molecule has 1 heterocycles. The van der Waals surface area contributed by atoms with Gasteiger partial charge in [0.2, 0.25) is 0 Å². The van der Waals surface area contributed by atoms with Crippen molar-refractivity contribution < 1.29 is 13.2 Å². The predicted octanol–water partition coefficient (Wildman–Crippen LogP) is 2.37. The van der Waals surface area contributed by atoms with Crippen molar-refractivity contribution in [1.29, 1.82) is 0 Å². The van der Waals surface area contributed by atoms with E-state index in [1.165, 1.54) is 4.90 Å². The Morgan fingerprint density at radius 1 is 1.12 bits per heavy atom. The molecular weight excluding hydrogens is 229 g/mol. The van der Waals surface area contributed by atoms with Crippen LogP contribution in [0.25, 0.3) is 0 Å². The van der Waals surface area contributed by atoms with Crippen LogP contribution in [-0.2, 0) is 0 Å². The second-order valence-corrected chi connectivity index (χ2v) is 4.35. The van der Waals surface area contributed by atoms with Crippen LogP contribution in [0.5, 0.6) is 0 Å². The monoisotopic (exact) mass is 244 g/mol. The molecule has 94 valence electrons. The first kappa shape index (κ1) is 12.2. The van der Waals surface area contributed by atoms with Crippen molar-refractivity contribution in [2.24, 2.45) is 0 Å². The summed E-state index contributed by atoms with van der Waals surface area (Å²) in [4.78, 5) is 3.16. The van der Waals surface area contributed by atoms with Crippen molar-refractivity contribution in [3.63, 3.8) is 0 Å². The van der Waals surface area contributed by atoms with Gasteiger partial charge in [0.15, 0.2) is 0 Å². The van der Waals surface area contributed by atoms with E-state index in [0.29, 0.717) is 18.8 Å². The Hall–Kier alpha value is -1.23. The third-order valence-electron chi connectivity index (χ3n) is 3.05. The second-order valence-electron chi connectivity index (χ2n) is 4.35. The Morgan fingerprint density at radius 3 is 2.35 bits per heavy atom. The van der Waals surface area contributed by atoms with Crippen molar-refractivity contribution >= 4 is 5.69 Å². The fourth-order valence-corrected chi connectivity index (χ4v) is 2.13. The van der Waals surface area contributed by atoms with E-state index in [2.05, 4.69) is 0 Å². The van der Waals surface area contributed by atoms with E-state index in [0.717, 1.165) is 0 Å². The number of para-hydroxylation sites is 1. The summed E-state index contributed by atoms with van der Waals surface area (Å²) in [6, 6.07) is 7.38. The third-order valence-corrected chi connectivity index (χ3v) is 3.05. The zero-order chi connectivity index (χ0) is 12.5. The Morgan fingerprint density at radius 2 is 1.76 bits per heavy atom. The number of hydrogen-bond donors (Lipinski definition) is 0. The minimum absolute atomic E-state index is 0.0262. The lowest BCUT2D eigenvalue weighted by atomic mass is 10.1. The molecule has 1 atom stereocenters. The van der Waals surface area contributed by atoms with Gasteiger partial charge in [-0.05, 0) is 19.2 Å². The minimum Gasteiger partial charge on any atom is -0.357 e. The summed E-state index contributed by atoms with van der Waals surface area (Å²) in [6.07, 6.45) is -4.19. The summed E-state index contributed by atoms with van der Waals surface area (Å²) in [5.74, 6) is 0. The molecule has 0 aromatic heterocycles. The number of benzene rings is 1. The molecule has 0 amide bonds. The number of likely N-dealkylation sites (N-methyl/N-ethyl adjacent to an activating group) is 1. The lowest BCUT2D eigenvalue weighted by molar-refractivity contribution is -0.155. The zero-order valence-electron chi connectivity index (χ0n) is 9.61. The maximum Gasteiger partial charge on any atom is 0.409 e. The molecule has 1 saturated heterocycles. The molecule has 0 aliphatic carbocycles. The topological polar surface area (TPSA) is 6.48 Å². The van der Waals surface area contributed by atoms with Gasteiger partial charge < -0.3 is 9.80 Å². The van der Waals surface area contributed by atoms with Gasteiger partial charge in [0.1, 0.15) is 6.04 Å². The fraction of sp³-hybridized carbons (Fsp3) is 0.500. The van der Waals surface area contributed by atoms with Crippen LogP contribution >= 0.6 is 0 Å². The highest BCUT2D eigenvalue weighted by molar-refractivity contribution is 5.48. The highest BCUT2D eigenvalue weighted by atomic mass is 19.4. The molecule has 1 aliphatic rings. The van der Waals surface area contributed by atoms with Crippen molar-refractivity contribution in [2.45, 2.75) is 12.2 Å². The van der Waals surface area contributed by atoms with Gasteiger partial charge in [0.05, 0.1) is 0 Å². The maximum atomic E-state index is 13.0. The van der Waals surface area contributed by atoms with Crippen LogP contribution in [0, 0.1) is 0 Å². The molecule has 1 fully saturated rings. The molecule has 0 N–H and O–H groups in total. The lowest BCUT2D eigenvalue weighted by Crippen LogP contribution is -2.58.